The molecule has 2 rings (SSSR count). The van der Waals surface area contributed by atoms with Crippen LogP contribution >= 0.6 is 22.6 Å². The lowest BCUT2D eigenvalue weighted by Crippen LogP contribution is -2.42. The van der Waals surface area contributed by atoms with E-state index in [4.69, 9.17) is 10.5 Å². The van der Waals surface area contributed by atoms with Gasteiger partial charge in [-0.05, 0) is 41.5 Å². The van der Waals surface area contributed by atoms with Crippen LogP contribution in [-0.4, -0.2) is 17.1 Å². The number of pyridine rings is 1. The van der Waals surface area contributed by atoms with Gasteiger partial charge in [-0.3, -0.25) is 0 Å². The Balaban J connectivity index is 1.90. The van der Waals surface area contributed by atoms with Crippen LogP contribution in [0.3, 0.4) is 0 Å². The van der Waals surface area contributed by atoms with Crippen LogP contribution in [-0.2, 0) is 0 Å². The maximum absolute atomic E-state index is 6.18. The van der Waals surface area contributed by atoms with Crippen molar-refractivity contribution >= 4 is 22.6 Å². The monoisotopic (exact) mass is 318 g/mol. The molecule has 0 aromatic carbocycles. The van der Waals surface area contributed by atoms with Crippen molar-refractivity contribution in [1.29, 1.82) is 0 Å². The molecule has 1 aromatic heterocycles. The molecule has 0 atom stereocenters. The van der Waals surface area contributed by atoms with Gasteiger partial charge in [0.1, 0.15) is 6.61 Å². The number of nitrogens with zero attached hydrogens (tertiary/aromatic N) is 1. The normalized spacial score (nSPS) is 19.1. The van der Waals surface area contributed by atoms with E-state index in [-0.39, 0.29) is 5.54 Å². The molecule has 0 unspecified atom stereocenters. The average molecular weight is 318 g/mol. The van der Waals surface area contributed by atoms with Gasteiger partial charge in [0.2, 0.25) is 5.88 Å². The van der Waals surface area contributed by atoms with Crippen LogP contribution in [0.4, 0.5) is 0 Å². The molecular weight excluding hydrogens is 303 g/mol. The molecule has 1 aliphatic carbocycles. The summed E-state index contributed by atoms with van der Waals surface area (Å²) in [6.07, 6.45) is 6.38. The van der Waals surface area contributed by atoms with Gasteiger partial charge in [-0.2, -0.15) is 0 Å². The second kappa shape index (κ2) is 4.65. The van der Waals surface area contributed by atoms with E-state index in [0.29, 0.717) is 12.5 Å². The van der Waals surface area contributed by atoms with Crippen molar-refractivity contribution < 1.29 is 4.74 Å². The second-order valence-corrected chi connectivity index (χ2v) is 5.42. The first-order chi connectivity index (χ1) is 7.18. The molecule has 1 heterocycles. The Morgan fingerprint density at radius 2 is 2.13 bits per heavy atom. The minimum atomic E-state index is -0.120. The number of aromatic nitrogens is 1. The second-order valence-electron chi connectivity index (χ2n) is 4.17. The first-order valence-corrected chi connectivity index (χ1v) is 6.29. The highest BCUT2D eigenvalue weighted by molar-refractivity contribution is 14.1. The fraction of sp³-hybridized carbons (Fsp3) is 0.545. The number of rotatable bonds is 3. The number of nitrogens with two attached hydrogens (primary N) is 1. The molecule has 0 saturated heterocycles. The molecule has 1 aliphatic rings. The Morgan fingerprint density at radius 1 is 1.40 bits per heavy atom. The molecule has 0 amide bonds. The van der Waals surface area contributed by atoms with E-state index in [9.17, 15) is 0 Å². The minimum Gasteiger partial charge on any atom is -0.476 e. The summed E-state index contributed by atoms with van der Waals surface area (Å²) in [4.78, 5) is 4.19. The zero-order valence-corrected chi connectivity index (χ0v) is 10.7. The molecule has 0 aliphatic heterocycles. The quantitative estimate of drug-likeness (QED) is 0.870. The van der Waals surface area contributed by atoms with Crippen molar-refractivity contribution in [1.82, 2.24) is 4.98 Å². The van der Waals surface area contributed by atoms with E-state index in [1.165, 1.54) is 12.8 Å². The van der Waals surface area contributed by atoms with E-state index in [1.807, 2.05) is 12.1 Å². The van der Waals surface area contributed by atoms with E-state index < -0.39 is 0 Å². The Bertz CT molecular complexity index is 320. The van der Waals surface area contributed by atoms with Gasteiger partial charge in [-0.25, -0.2) is 4.98 Å². The SMILES string of the molecule is NC1(COc2ccc(I)cn2)CCCC1. The molecular formula is C11H15IN2O. The van der Waals surface area contributed by atoms with E-state index in [2.05, 4.69) is 27.6 Å². The van der Waals surface area contributed by atoms with Crippen molar-refractivity contribution in [3.05, 3.63) is 21.9 Å². The Labute approximate surface area is 104 Å². The predicted octanol–water partition coefficient (Wildman–Crippen LogP) is 2.34. The van der Waals surface area contributed by atoms with Gasteiger partial charge in [0, 0.05) is 15.8 Å². The summed E-state index contributed by atoms with van der Waals surface area (Å²) in [5, 5.41) is 0. The zero-order chi connectivity index (χ0) is 10.7. The third kappa shape index (κ3) is 3.04. The molecule has 0 spiro atoms. The van der Waals surface area contributed by atoms with Crippen LogP contribution in [0.5, 0.6) is 5.88 Å². The zero-order valence-electron chi connectivity index (χ0n) is 8.58. The number of halogens is 1. The van der Waals surface area contributed by atoms with Crippen LogP contribution in [0.15, 0.2) is 18.3 Å². The molecule has 82 valence electrons. The maximum Gasteiger partial charge on any atom is 0.213 e. The highest BCUT2D eigenvalue weighted by Crippen LogP contribution is 2.27. The van der Waals surface area contributed by atoms with Crippen molar-refractivity contribution in [3.63, 3.8) is 0 Å². The van der Waals surface area contributed by atoms with Crippen LogP contribution in [0.2, 0.25) is 0 Å². The topological polar surface area (TPSA) is 48.1 Å². The molecule has 0 radical (unpaired) electrons. The van der Waals surface area contributed by atoms with E-state index >= 15 is 0 Å². The lowest BCUT2D eigenvalue weighted by molar-refractivity contribution is 0.213. The van der Waals surface area contributed by atoms with E-state index in [0.717, 1.165) is 16.4 Å². The lowest BCUT2D eigenvalue weighted by atomic mass is 10.0. The largest absolute Gasteiger partial charge is 0.476 e. The first kappa shape index (κ1) is 11.1. The number of ether oxygens (including phenoxy) is 1. The Hall–Kier alpha value is -0.360. The minimum absolute atomic E-state index is 0.120. The molecule has 2 N–H and O–H groups in total. The molecule has 15 heavy (non-hydrogen) atoms. The lowest BCUT2D eigenvalue weighted by Gasteiger charge is -2.22. The molecule has 0 bridgehead atoms. The van der Waals surface area contributed by atoms with Crippen LogP contribution in [0.25, 0.3) is 0 Å². The summed E-state index contributed by atoms with van der Waals surface area (Å²) in [6, 6.07) is 3.88. The molecule has 1 aromatic rings. The van der Waals surface area contributed by atoms with Gasteiger partial charge < -0.3 is 10.5 Å². The summed E-state index contributed by atoms with van der Waals surface area (Å²) >= 11 is 2.22. The van der Waals surface area contributed by atoms with Gasteiger partial charge in [0.25, 0.3) is 0 Å². The number of hydrogen-bond donors (Lipinski definition) is 1. The summed E-state index contributed by atoms with van der Waals surface area (Å²) in [5.41, 5.74) is 6.06. The fourth-order valence-electron chi connectivity index (χ4n) is 1.89. The number of hydrogen-bond acceptors (Lipinski definition) is 3. The summed E-state index contributed by atoms with van der Waals surface area (Å²) in [5.74, 6) is 0.673. The van der Waals surface area contributed by atoms with Crippen molar-refractivity contribution in [2.24, 2.45) is 5.73 Å². The van der Waals surface area contributed by atoms with Gasteiger partial charge >= 0.3 is 0 Å². The van der Waals surface area contributed by atoms with Gasteiger partial charge in [-0.15, -0.1) is 0 Å². The van der Waals surface area contributed by atoms with Gasteiger partial charge in [-0.1, -0.05) is 12.8 Å². The Kier molecular flexibility index (Phi) is 3.45. The predicted molar refractivity (Wildman–Crippen MR) is 67.8 cm³/mol. The highest BCUT2D eigenvalue weighted by Gasteiger charge is 2.30. The summed E-state index contributed by atoms with van der Waals surface area (Å²) < 4.78 is 6.72. The van der Waals surface area contributed by atoms with Crippen molar-refractivity contribution in [2.45, 2.75) is 31.2 Å². The fourth-order valence-corrected chi connectivity index (χ4v) is 2.21. The summed E-state index contributed by atoms with van der Waals surface area (Å²) in [7, 11) is 0. The van der Waals surface area contributed by atoms with Crippen LogP contribution in [0, 0.1) is 3.57 Å². The molecule has 4 heteroatoms. The first-order valence-electron chi connectivity index (χ1n) is 5.21. The third-order valence-electron chi connectivity index (χ3n) is 2.81. The average Bonchev–Trinajstić information content (AvgIpc) is 2.65. The third-order valence-corrected chi connectivity index (χ3v) is 3.45. The highest BCUT2D eigenvalue weighted by atomic mass is 127. The van der Waals surface area contributed by atoms with E-state index in [1.54, 1.807) is 6.20 Å². The van der Waals surface area contributed by atoms with Crippen molar-refractivity contribution in [2.75, 3.05) is 6.61 Å². The van der Waals surface area contributed by atoms with Crippen LogP contribution in [0.1, 0.15) is 25.7 Å². The molecule has 3 nitrogen and oxygen atoms in total. The standard InChI is InChI=1S/C11H15IN2O/c12-9-3-4-10(14-7-9)15-8-11(13)5-1-2-6-11/h3-4,7H,1-2,5-6,8,13H2. The summed E-state index contributed by atoms with van der Waals surface area (Å²) in [6.45, 7) is 0.584. The van der Waals surface area contributed by atoms with Crippen LogP contribution < -0.4 is 10.5 Å². The van der Waals surface area contributed by atoms with Gasteiger partial charge in [0.05, 0.1) is 5.54 Å². The molecule has 1 fully saturated rings. The maximum atomic E-state index is 6.18. The van der Waals surface area contributed by atoms with Crippen molar-refractivity contribution in [3.8, 4) is 5.88 Å². The Morgan fingerprint density at radius 3 is 2.73 bits per heavy atom. The molecule has 1 saturated carbocycles. The smallest absolute Gasteiger partial charge is 0.213 e. The van der Waals surface area contributed by atoms with Gasteiger partial charge in [0.15, 0.2) is 0 Å².